The maximum absolute atomic E-state index is 6.19. The van der Waals surface area contributed by atoms with Crippen LogP contribution in [0.3, 0.4) is 0 Å². The van der Waals surface area contributed by atoms with Crippen molar-refractivity contribution in [2.45, 2.75) is 19.4 Å². The first kappa shape index (κ1) is 20.7. The molecule has 0 saturated heterocycles. The smallest absolute Gasteiger partial charge is 0.209 e. The molecule has 0 radical (unpaired) electrons. The maximum atomic E-state index is 6.19. The summed E-state index contributed by atoms with van der Waals surface area (Å²) in [6, 6.07) is 21.8. The number of hydrogen-bond acceptors (Lipinski definition) is 5. The maximum Gasteiger partial charge on any atom is 0.209 e. The highest BCUT2D eigenvalue weighted by Gasteiger charge is 2.21. The highest BCUT2D eigenvalue weighted by Crippen LogP contribution is 2.40. The molecule has 32 heavy (non-hydrogen) atoms. The van der Waals surface area contributed by atoms with Crippen molar-refractivity contribution in [1.82, 2.24) is 4.98 Å². The fourth-order valence-corrected chi connectivity index (χ4v) is 4.81. The van der Waals surface area contributed by atoms with Crippen molar-refractivity contribution in [3.05, 3.63) is 93.3 Å². The quantitative estimate of drug-likeness (QED) is 0.294. The summed E-state index contributed by atoms with van der Waals surface area (Å²) in [6.45, 7) is 0.435. The van der Waals surface area contributed by atoms with Gasteiger partial charge in [-0.15, -0.1) is 0 Å². The lowest BCUT2D eigenvalue weighted by Crippen LogP contribution is -2.02. The van der Waals surface area contributed by atoms with Gasteiger partial charge < -0.3 is 9.47 Å². The molecule has 1 aliphatic rings. The Morgan fingerprint density at radius 3 is 2.66 bits per heavy atom. The van der Waals surface area contributed by atoms with Crippen molar-refractivity contribution in [2.75, 3.05) is 7.11 Å². The fraction of sp³-hybridized carbons (Fsp3) is 0.154. The summed E-state index contributed by atoms with van der Waals surface area (Å²) < 4.78 is 11.2. The van der Waals surface area contributed by atoms with Gasteiger partial charge in [0.05, 0.1) is 12.8 Å². The molecule has 0 amide bonds. The molecule has 5 rings (SSSR count). The van der Waals surface area contributed by atoms with Gasteiger partial charge in [-0.3, -0.25) is 0 Å². The van der Waals surface area contributed by atoms with Crippen LogP contribution in [0, 0.1) is 0 Å². The predicted molar refractivity (Wildman–Crippen MR) is 131 cm³/mol. The Morgan fingerprint density at radius 2 is 1.84 bits per heavy atom. The minimum atomic E-state index is 0.435. The molecule has 4 aromatic rings. The van der Waals surface area contributed by atoms with Crippen LogP contribution in [-0.4, -0.2) is 18.3 Å². The Morgan fingerprint density at radius 1 is 1.03 bits per heavy atom. The first-order valence-electron chi connectivity index (χ1n) is 10.4. The second-order valence-electron chi connectivity index (χ2n) is 7.50. The average Bonchev–Trinajstić information content (AvgIpc) is 3.26. The number of fused-ring (bicyclic) bond motifs is 3. The third-order valence-electron chi connectivity index (χ3n) is 5.44. The van der Waals surface area contributed by atoms with E-state index in [9.17, 15) is 0 Å². The van der Waals surface area contributed by atoms with Gasteiger partial charge in [-0.1, -0.05) is 47.2 Å². The largest absolute Gasteiger partial charge is 0.497 e. The van der Waals surface area contributed by atoms with Gasteiger partial charge in [0.2, 0.25) is 5.13 Å². The molecule has 0 spiro atoms. The molecule has 3 aromatic carbocycles. The number of ether oxygens (including phenoxy) is 2. The molecule has 1 heterocycles. The molecule has 0 saturated carbocycles. The molecule has 1 aliphatic carbocycles. The number of nitrogens with zero attached hydrogens (tertiary/aromatic N) is 2. The Bertz CT molecular complexity index is 1280. The summed E-state index contributed by atoms with van der Waals surface area (Å²) in [6.07, 6.45) is 3.86. The molecule has 0 bridgehead atoms. The predicted octanol–water partition coefficient (Wildman–Crippen LogP) is 6.90. The third-order valence-corrected chi connectivity index (χ3v) is 6.83. The van der Waals surface area contributed by atoms with E-state index < -0.39 is 0 Å². The van der Waals surface area contributed by atoms with E-state index in [0.717, 1.165) is 51.9 Å². The number of aliphatic imine (C=N–C) groups is 1. The lowest BCUT2D eigenvalue weighted by molar-refractivity contribution is 0.306. The van der Waals surface area contributed by atoms with Crippen LogP contribution in [0.4, 0.5) is 5.13 Å². The molecule has 1 aromatic heterocycles. The Labute approximate surface area is 196 Å². The molecule has 6 heteroatoms. The van der Waals surface area contributed by atoms with Crippen LogP contribution in [-0.2, 0) is 19.4 Å². The van der Waals surface area contributed by atoms with E-state index in [0.29, 0.717) is 11.6 Å². The first-order valence-corrected chi connectivity index (χ1v) is 11.6. The van der Waals surface area contributed by atoms with E-state index in [1.165, 1.54) is 10.4 Å². The summed E-state index contributed by atoms with van der Waals surface area (Å²) >= 11 is 7.84. The van der Waals surface area contributed by atoms with E-state index >= 15 is 0 Å². The van der Waals surface area contributed by atoms with E-state index in [1.54, 1.807) is 18.4 Å². The van der Waals surface area contributed by atoms with Crippen molar-refractivity contribution < 1.29 is 9.47 Å². The normalized spacial score (nSPS) is 12.4. The van der Waals surface area contributed by atoms with Gasteiger partial charge in [-0.25, -0.2) is 9.98 Å². The van der Waals surface area contributed by atoms with Crippen molar-refractivity contribution in [3.63, 3.8) is 0 Å². The minimum absolute atomic E-state index is 0.435. The zero-order valence-corrected chi connectivity index (χ0v) is 19.1. The van der Waals surface area contributed by atoms with Crippen LogP contribution in [0.1, 0.15) is 21.6 Å². The number of halogens is 1. The molecule has 0 aliphatic heterocycles. The summed E-state index contributed by atoms with van der Waals surface area (Å²) in [5.41, 5.74) is 5.46. The lowest BCUT2D eigenvalue weighted by Gasteiger charge is -2.15. The highest BCUT2D eigenvalue weighted by molar-refractivity contribution is 7.15. The number of aromatic nitrogens is 1. The topological polar surface area (TPSA) is 43.7 Å². The van der Waals surface area contributed by atoms with E-state index in [4.69, 9.17) is 26.1 Å². The van der Waals surface area contributed by atoms with Crippen LogP contribution in [0.25, 0.3) is 11.3 Å². The van der Waals surface area contributed by atoms with Gasteiger partial charge in [-0.2, -0.15) is 0 Å². The number of thiazole rings is 1. The molecule has 0 unspecified atom stereocenters. The summed E-state index contributed by atoms with van der Waals surface area (Å²) in [5.74, 6) is 1.64. The molecular weight excluding hydrogens is 440 g/mol. The molecule has 0 atom stereocenters. The molecular formula is C26H21ClN2O2S. The summed E-state index contributed by atoms with van der Waals surface area (Å²) in [5, 5.41) is 1.48. The van der Waals surface area contributed by atoms with Crippen molar-refractivity contribution in [3.8, 4) is 22.8 Å². The Kier molecular flexibility index (Phi) is 5.93. The average molecular weight is 461 g/mol. The van der Waals surface area contributed by atoms with E-state index in [2.05, 4.69) is 17.1 Å². The van der Waals surface area contributed by atoms with Crippen LogP contribution in [0.2, 0.25) is 5.02 Å². The van der Waals surface area contributed by atoms with Crippen molar-refractivity contribution in [2.24, 2.45) is 4.99 Å². The standard InChI is InChI=1S/C26H21ClN2O2S/c1-30-21-12-8-18-9-13-24-25(22(18)14-21)29-26(32-24)28-15-17-6-10-20(11-7-17)31-16-19-4-2-3-5-23(19)27/h2-8,10-12,14-15H,9,13,16H2,1H3. The zero-order chi connectivity index (χ0) is 21.9. The van der Waals surface area contributed by atoms with Crippen molar-refractivity contribution in [1.29, 1.82) is 0 Å². The second kappa shape index (κ2) is 9.15. The fourth-order valence-electron chi connectivity index (χ4n) is 3.70. The summed E-state index contributed by atoms with van der Waals surface area (Å²) in [4.78, 5) is 10.7. The first-order chi connectivity index (χ1) is 15.7. The third kappa shape index (κ3) is 4.40. The second-order valence-corrected chi connectivity index (χ2v) is 8.97. The molecule has 0 N–H and O–H groups in total. The van der Waals surface area contributed by atoms with Crippen LogP contribution < -0.4 is 9.47 Å². The van der Waals surface area contributed by atoms with E-state index in [1.807, 2.05) is 60.8 Å². The highest BCUT2D eigenvalue weighted by atomic mass is 35.5. The summed E-state index contributed by atoms with van der Waals surface area (Å²) in [7, 11) is 1.69. The number of hydrogen-bond donors (Lipinski definition) is 0. The minimum Gasteiger partial charge on any atom is -0.497 e. The number of rotatable bonds is 6. The van der Waals surface area contributed by atoms with Crippen LogP contribution in [0.15, 0.2) is 71.7 Å². The van der Waals surface area contributed by atoms with Crippen LogP contribution >= 0.6 is 22.9 Å². The van der Waals surface area contributed by atoms with Crippen LogP contribution in [0.5, 0.6) is 11.5 Å². The van der Waals surface area contributed by atoms with Crippen molar-refractivity contribution >= 4 is 34.3 Å². The Hall–Kier alpha value is -3.15. The van der Waals surface area contributed by atoms with E-state index in [-0.39, 0.29) is 0 Å². The number of methoxy groups -OCH3 is 1. The number of benzene rings is 3. The SMILES string of the molecule is COc1ccc2c(c1)-c1nc(N=Cc3ccc(OCc4ccccc4Cl)cc3)sc1CC2. The molecule has 4 nitrogen and oxygen atoms in total. The van der Waals surface area contributed by atoms with Gasteiger partial charge >= 0.3 is 0 Å². The number of aryl methyl sites for hydroxylation is 2. The van der Waals surface area contributed by atoms with Gasteiger partial charge in [0.1, 0.15) is 18.1 Å². The Balaban J connectivity index is 1.28. The molecule has 160 valence electrons. The monoisotopic (exact) mass is 460 g/mol. The molecule has 0 fully saturated rings. The van der Waals surface area contributed by atoms with Gasteiger partial charge in [0.15, 0.2) is 0 Å². The lowest BCUT2D eigenvalue weighted by atomic mass is 9.93. The van der Waals surface area contributed by atoms with Gasteiger partial charge in [0.25, 0.3) is 0 Å². The zero-order valence-electron chi connectivity index (χ0n) is 17.5. The van der Waals surface area contributed by atoms with Gasteiger partial charge in [0, 0.05) is 27.2 Å². The van der Waals surface area contributed by atoms with Gasteiger partial charge in [-0.05, 0) is 66.4 Å².